The molecule has 1 atom stereocenters. The van der Waals surface area contributed by atoms with Crippen molar-refractivity contribution in [3.63, 3.8) is 0 Å². The molecule has 1 unspecified atom stereocenters. The van der Waals surface area contributed by atoms with Gasteiger partial charge in [-0.3, -0.25) is 4.79 Å². The molecule has 1 aromatic carbocycles. The average Bonchev–Trinajstić information content (AvgIpc) is 2.65. The summed E-state index contributed by atoms with van der Waals surface area (Å²) in [6, 6.07) is 7.82. The second-order valence-corrected chi connectivity index (χ2v) is 7.48. The van der Waals surface area contributed by atoms with Gasteiger partial charge in [0, 0.05) is 20.0 Å². The van der Waals surface area contributed by atoms with Crippen LogP contribution in [0, 0.1) is 0 Å². The molecule has 0 saturated carbocycles. The van der Waals surface area contributed by atoms with E-state index in [4.69, 9.17) is 9.47 Å². The van der Waals surface area contributed by atoms with Gasteiger partial charge in [-0.15, -0.1) is 0 Å². The molecule has 3 amide bonds. The van der Waals surface area contributed by atoms with Crippen LogP contribution in [-0.2, 0) is 25.7 Å². The van der Waals surface area contributed by atoms with Gasteiger partial charge < -0.3 is 30.1 Å². The zero-order chi connectivity index (χ0) is 22.7. The molecule has 3 N–H and O–H groups in total. The smallest absolute Gasteiger partial charge is 0.407 e. The van der Waals surface area contributed by atoms with E-state index in [1.807, 2.05) is 30.3 Å². The monoisotopic (exact) mass is 423 g/mol. The number of ether oxygens (including phenoxy) is 2. The van der Waals surface area contributed by atoms with E-state index < -0.39 is 35.7 Å². The van der Waals surface area contributed by atoms with Crippen molar-refractivity contribution >= 4 is 24.1 Å². The number of carboxylic acids is 1. The Labute approximate surface area is 175 Å². The number of carbonyl (C=O) groups is 4. The molecule has 1 rings (SSSR count). The average molecular weight is 423 g/mol. The lowest BCUT2D eigenvalue weighted by Gasteiger charge is -2.26. The molecule has 0 aliphatic heterocycles. The number of alkyl carbamates (subject to hydrolysis) is 2. The summed E-state index contributed by atoms with van der Waals surface area (Å²) < 4.78 is 10.1. The van der Waals surface area contributed by atoms with Crippen molar-refractivity contribution in [2.24, 2.45) is 0 Å². The molecule has 0 saturated heterocycles. The van der Waals surface area contributed by atoms with Gasteiger partial charge in [-0.25, -0.2) is 14.4 Å². The van der Waals surface area contributed by atoms with Gasteiger partial charge in [0.1, 0.15) is 18.2 Å². The molecule has 0 aliphatic rings. The zero-order valence-corrected chi connectivity index (χ0v) is 17.6. The van der Waals surface area contributed by atoms with Crippen molar-refractivity contribution < 1.29 is 33.8 Å². The van der Waals surface area contributed by atoms with Crippen LogP contribution in [0.5, 0.6) is 0 Å². The number of likely N-dealkylation sites (N-methyl/N-ethyl adjacent to an activating group) is 1. The zero-order valence-electron chi connectivity index (χ0n) is 17.6. The predicted molar refractivity (Wildman–Crippen MR) is 108 cm³/mol. The molecule has 10 nitrogen and oxygen atoms in total. The Morgan fingerprint density at radius 2 is 1.70 bits per heavy atom. The molecular weight excluding hydrogens is 394 g/mol. The van der Waals surface area contributed by atoms with Crippen LogP contribution < -0.4 is 10.6 Å². The van der Waals surface area contributed by atoms with Gasteiger partial charge in [-0.2, -0.15) is 0 Å². The van der Waals surface area contributed by atoms with Crippen LogP contribution in [0.1, 0.15) is 32.8 Å². The fourth-order valence-corrected chi connectivity index (χ4v) is 2.28. The third-order valence-electron chi connectivity index (χ3n) is 3.81. The molecule has 0 aromatic heterocycles. The van der Waals surface area contributed by atoms with E-state index in [1.165, 1.54) is 7.05 Å². The van der Waals surface area contributed by atoms with Crippen molar-refractivity contribution in [1.29, 1.82) is 0 Å². The highest BCUT2D eigenvalue weighted by Crippen LogP contribution is 2.07. The van der Waals surface area contributed by atoms with Gasteiger partial charge in [-0.1, -0.05) is 30.3 Å². The highest BCUT2D eigenvalue weighted by atomic mass is 16.6. The molecule has 0 bridgehead atoms. The first-order chi connectivity index (χ1) is 14.0. The van der Waals surface area contributed by atoms with Crippen LogP contribution in [0.4, 0.5) is 9.59 Å². The maximum atomic E-state index is 12.2. The van der Waals surface area contributed by atoms with Gasteiger partial charge >= 0.3 is 18.2 Å². The standard InChI is InChI=1S/C20H29N3O7/c1-20(2,3)30-19(28)22-12-15(17(25)26)23(4)16(24)10-11-21-18(27)29-13-14-8-6-5-7-9-14/h5-9,15H,10-13H2,1-4H3,(H,21,27)(H,22,28)(H,25,26). The Morgan fingerprint density at radius 1 is 1.07 bits per heavy atom. The number of benzene rings is 1. The molecule has 0 heterocycles. The third kappa shape index (κ3) is 9.76. The number of nitrogens with one attached hydrogen (secondary N) is 2. The number of hydrogen-bond acceptors (Lipinski definition) is 6. The summed E-state index contributed by atoms with van der Waals surface area (Å²) in [7, 11) is 1.31. The lowest BCUT2D eigenvalue weighted by Crippen LogP contribution is -2.50. The lowest BCUT2D eigenvalue weighted by atomic mass is 10.2. The van der Waals surface area contributed by atoms with Gasteiger partial charge in [-0.05, 0) is 26.3 Å². The van der Waals surface area contributed by atoms with Gasteiger partial charge in [0.05, 0.1) is 6.54 Å². The number of carboxylic acid groups (broad SMARTS) is 1. The van der Waals surface area contributed by atoms with Crippen molar-refractivity contribution in [3.8, 4) is 0 Å². The first-order valence-corrected chi connectivity index (χ1v) is 9.39. The summed E-state index contributed by atoms with van der Waals surface area (Å²) in [5, 5.41) is 14.1. The predicted octanol–water partition coefficient (Wildman–Crippen LogP) is 1.74. The summed E-state index contributed by atoms with van der Waals surface area (Å²) in [6.45, 7) is 4.78. The Bertz CT molecular complexity index is 732. The number of nitrogens with zero attached hydrogens (tertiary/aromatic N) is 1. The van der Waals surface area contributed by atoms with Crippen LogP contribution in [-0.4, -0.2) is 65.8 Å². The van der Waals surface area contributed by atoms with Crippen molar-refractivity contribution in [2.45, 2.75) is 45.4 Å². The second kappa shape index (κ2) is 11.6. The Morgan fingerprint density at radius 3 is 2.27 bits per heavy atom. The van der Waals surface area contributed by atoms with Gasteiger partial charge in [0.15, 0.2) is 0 Å². The minimum atomic E-state index is -1.28. The molecule has 30 heavy (non-hydrogen) atoms. The van der Waals surface area contributed by atoms with E-state index in [0.717, 1.165) is 10.5 Å². The van der Waals surface area contributed by atoms with Crippen LogP contribution in [0.15, 0.2) is 30.3 Å². The fourth-order valence-electron chi connectivity index (χ4n) is 2.28. The van der Waals surface area contributed by atoms with Crippen LogP contribution in [0.25, 0.3) is 0 Å². The number of hydrogen-bond donors (Lipinski definition) is 3. The summed E-state index contributed by atoms with van der Waals surface area (Å²) in [5.74, 6) is -1.80. The molecule has 166 valence electrons. The van der Waals surface area contributed by atoms with E-state index in [-0.39, 0.29) is 26.1 Å². The molecular formula is C20H29N3O7. The SMILES string of the molecule is CN(C(=O)CCNC(=O)OCc1ccccc1)C(CNC(=O)OC(C)(C)C)C(=O)O. The van der Waals surface area contributed by atoms with E-state index in [1.54, 1.807) is 20.8 Å². The highest BCUT2D eigenvalue weighted by molar-refractivity contribution is 5.84. The highest BCUT2D eigenvalue weighted by Gasteiger charge is 2.27. The van der Waals surface area contributed by atoms with Crippen LogP contribution in [0.2, 0.25) is 0 Å². The maximum absolute atomic E-state index is 12.2. The molecule has 0 radical (unpaired) electrons. The van der Waals surface area contributed by atoms with Crippen molar-refractivity contribution in [3.05, 3.63) is 35.9 Å². The Hall–Kier alpha value is -3.30. The molecule has 0 aliphatic carbocycles. The summed E-state index contributed by atoms with van der Waals surface area (Å²) >= 11 is 0. The topological polar surface area (TPSA) is 134 Å². The summed E-state index contributed by atoms with van der Waals surface area (Å²) in [6.07, 6.45) is -1.60. The number of carbonyl (C=O) groups excluding carboxylic acids is 3. The van der Waals surface area contributed by atoms with Crippen molar-refractivity contribution in [1.82, 2.24) is 15.5 Å². The molecule has 1 aromatic rings. The first kappa shape index (κ1) is 24.7. The van der Waals surface area contributed by atoms with Crippen molar-refractivity contribution in [2.75, 3.05) is 20.1 Å². The molecule has 0 spiro atoms. The number of rotatable bonds is 9. The third-order valence-corrected chi connectivity index (χ3v) is 3.81. The first-order valence-electron chi connectivity index (χ1n) is 9.39. The lowest BCUT2D eigenvalue weighted by molar-refractivity contribution is -0.148. The number of aliphatic carboxylic acids is 1. The van der Waals surface area contributed by atoms with Gasteiger partial charge in [0.25, 0.3) is 0 Å². The van der Waals surface area contributed by atoms with E-state index in [0.29, 0.717) is 0 Å². The minimum absolute atomic E-state index is 0.0252. The Balaban J connectivity index is 2.41. The molecule has 10 heteroatoms. The minimum Gasteiger partial charge on any atom is -0.480 e. The van der Waals surface area contributed by atoms with Crippen LogP contribution in [0.3, 0.4) is 0 Å². The van der Waals surface area contributed by atoms with E-state index in [2.05, 4.69) is 10.6 Å². The van der Waals surface area contributed by atoms with Crippen LogP contribution >= 0.6 is 0 Å². The van der Waals surface area contributed by atoms with E-state index in [9.17, 15) is 24.3 Å². The largest absolute Gasteiger partial charge is 0.480 e. The Kier molecular flexibility index (Phi) is 9.60. The fraction of sp³-hybridized carbons (Fsp3) is 0.500. The summed E-state index contributed by atoms with van der Waals surface area (Å²) in [4.78, 5) is 48.1. The van der Waals surface area contributed by atoms with E-state index >= 15 is 0 Å². The molecule has 0 fully saturated rings. The maximum Gasteiger partial charge on any atom is 0.407 e. The number of amides is 3. The quantitative estimate of drug-likeness (QED) is 0.551. The van der Waals surface area contributed by atoms with Gasteiger partial charge in [0.2, 0.25) is 5.91 Å². The second-order valence-electron chi connectivity index (χ2n) is 7.48. The summed E-state index contributed by atoms with van der Waals surface area (Å²) in [5.41, 5.74) is 0.0935. The normalized spacial score (nSPS) is 11.7.